The molecule has 0 saturated carbocycles. The van der Waals surface area contributed by atoms with Crippen LogP contribution in [-0.2, 0) is 9.53 Å². The monoisotopic (exact) mass is 329 g/mol. The zero-order valence-corrected chi connectivity index (χ0v) is 14.5. The molecule has 0 heterocycles. The van der Waals surface area contributed by atoms with E-state index in [9.17, 15) is 4.79 Å². The van der Waals surface area contributed by atoms with Crippen LogP contribution < -0.4 is 5.32 Å². The highest BCUT2D eigenvalue weighted by molar-refractivity contribution is 7.99. The summed E-state index contributed by atoms with van der Waals surface area (Å²) in [5.41, 5.74) is -0.605. The van der Waals surface area contributed by atoms with E-state index in [-0.39, 0.29) is 5.97 Å². The first-order chi connectivity index (χ1) is 10.0. The van der Waals surface area contributed by atoms with Crippen LogP contribution in [0.1, 0.15) is 33.6 Å². The number of thioether (sulfide) groups is 1. The van der Waals surface area contributed by atoms with Gasteiger partial charge in [0.1, 0.15) is 5.54 Å². The third-order valence-corrected chi connectivity index (χ3v) is 4.81. The van der Waals surface area contributed by atoms with Crippen LogP contribution in [-0.4, -0.2) is 30.4 Å². The molecule has 118 valence electrons. The van der Waals surface area contributed by atoms with Crippen molar-refractivity contribution in [1.29, 1.82) is 0 Å². The fourth-order valence-corrected chi connectivity index (χ4v) is 3.30. The van der Waals surface area contributed by atoms with E-state index in [1.807, 2.05) is 45.0 Å². The zero-order chi connectivity index (χ0) is 15.7. The minimum atomic E-state index is -0.605. The van der Waals surface area contributed by atoms with Crippen molar-refractivity contribution in [2.24, 2.45) is 0 Å². The van der Waals surface area contributed by atoms with Gasteiger partial charge in [-0.25, -0.2) is 0 Å². The van der Waals surface area contributed by atoms with Crippen molar-refractivity contribution >= 4 is 29.3 Å². The van der Waals surface area contributed by atoms with Gasteiger partial charge in [-0.15, -0.1) is 11.8 Å². The van der Waals surface area contributed by atoms with Gasteiger partial charge in [0.15, 0.2) is 0 Å². The van der Waals surface area contributed by atoms with Crippen LogP contribution in [0.25, 0.3) is 0 Å². The smallest absolute Gasteiger partial charge is 0.326 e. The Morgan fingerprint density at radius 2 is 2.10 bits per heavy atom. The second kappa shape index (κ2) is 9.34. The number of hydrogen-bond acceptors (Lipinski definition) is 4. The normalized spacial score (nSPS) is 13.7. The molecule has 0 spiro atoms. The van der Waals surface area contributed by atoms with E-state index in [0.29, 0.717) is 6.61 Å². The molecule has 1 aromatic rings. The third-order valence-electron chi connectivity index (χ3n) is 3.21. The van der Waals surface area contributed by atoms with Gasteiger partial charge in [0.2, 0.25) is 0 Å². The van der Waals surface area contributed by atoms with Crippen molar-refractivity contribution < 1.29 is 9.53 Å². The summed E-state index contributed by atoms with van der Waals surface area (Å²) < 4.78 is 5.16. The minimum Gasteiger partial charge on any atom is -0.465 e. The fourth-order valence-electron chi connectivity index (χ4n) is 2.11. The molecule has 1 unspecified atom stereocenters. The summed E-state index contributed by atoms with van der Waals surface area (Å²) in [5, 5.41) is 4.02. The van der Waals surface area contributed by atoms with Crippen LogP contribution in [0.3, 0.4) is 0 Å². The Labute approximate surface area is 136 Å². The van der Waals surface area contributed by atoms with E-state index in [1.54, 1.807) is 11.8 Å². The lowest BCUT2D eigenvalue weighted by Crippen LogP contribution is -2.50. The molecule has 0 aromatic heterocycles. The number of hydrogen-bond donors (Lipinski definition) is 1. The summed E-state index contributed by atoms with van der Waals surface area (Å²) in [7, 11) is 0. The molecule has 1 rings (SSSR count). The Kier molecular flexibility index (Phi) is 8.15. The Morgan fingerprint density at radius 3 is 2.71 bits per heavy atom. The summed E-state index contributed by atoms with van der Waals surface area (Å²) in [4.78, 5) is 13.1. The van der Waals surface area contributed by atoms with Crippen LogP contribution in [0.4, 0.5) is 0 Å². The minimum absolute atomic E-state index is 0.172. The average molecular weight is 330 g/mol. The molecule has 0 aliphatic carbocycles. The number of carbonyl (C=O) groups is 1. The van der Waals surface area contributed by atoms with Gasteiger partial charge in [0.05, 0.1) is 11.6 Å². The highest BCUT2D eigenvalue weighted by Crippen LogP contribution is 2.28. The van der Waals surface area contributed by atoms with Crippen molar-refractivity contribution in [3.63, 3.8) is 0 Å². The lowest BCUT2D eigenvalue weighted by Gasteiger charge is -2.28. The summed E-state index contributed by atoms with van der Waals surface area (Å²) in [5.74, 6) is 0.749. The van der Waals surface area contributed by atoms with E-state index in [1.165, 1.54) is 0 Å². The van der Waals surface area contributed by atoms with E-state index in [2.05, 4.69) is 5.32 Å². The number of halogens is 1. The first kappa shape index (κ1) is 18.3. The molecule has 1 N–H and O–H groups in total. The zero-order valence-electron chi connectivity index (χ0n) is 12.9. The number of esters is 1. The molecule has 1 atom stereocenters. The van der Waals surface area contributed by atoms with Crippen molar-refractivity contribution in [1.82, 2.24) is 5.32 Å². The highest BCUT2D eigenvalue weighted by atomic mass is 35.5. The first-order valence-electron chi connectivity index (χ1n) is 7.33. The van der Waals surface area contributed by atoms with Crippen LogP contribution >= 0.6 is 23.4 Å². The quantitative estimate of drug-likeness (QED) is 0.420. The molecule has 21 heavy (non-hydrogen) atoms. The standard InChI is InChI=1S/C16H24ClNO2S/c1-4-18-16(3,15(19)20-5-2)11-8-12-21-14-10-7-6-9-13(14)17/h6-7,9-10,18H,4-5,8,11-12H2,1-3H3. The van der Waals surface area contributed by atoms with Gasteiger partial charge in [-0.2, -0.15) is 0 Å². The summed E-state index contributed by atoms with van der Waals surface area (Å²) in [6.07, 6.45) is 1.66. The lowest BCUT2D eigenvalue weighted by molar-refractivity contribution is -0.150. The molecule has 5 heteroatoms. The number of ether oxygens (including phenoxy) is 1. The summed E-state index contributed by atoms with van der Waals surface area (Å²) in [6, 6.07) is 7.82. The van der Waals surface area contributed by atoms with Gasteiger partial charge in [-0.3, -0.25) is 4.79 Å². The molecular formula is C16H24ClNO2S. The molecule has 0 saturated heterocycles. The predicted molar refractivity (Wildman–Crippen MR) is 90.1 cm³/mol. The number of benzene rings is 1. The third kappa shape index (κ3) is 5.89. The Morgan fingerprint density at radius 1 is 1.38 bits per heavy atom. The van der Waals surface area contributed by atoms with Crippen molar-refractivity contribution in [3.8, 4) is 0 Å². The van der Waals surface area contributed by atoms with Crippen molar-refractivity contribution in [3.05, 3.63) is 29.3 Å². The molecule has 3 nitrogen and oxygen atoms in total. The van der Waals surface area contributed by atoms with Crippen LogP contribution in [0, 0.1) is 0 Å². The second-order valence-electron chi connectivity index (χ2n) is 4.97. The maximum Gasteiger partial charge on any atom is 0.326 e. The number of rotatable bonds is 9. The van der Waals surface area contributed by atoms with Gasteiger partial charge in [-0.1, -0.05) is 30.7 Å². The van der Waals surface area contributed by atoms with Crippen LogP contribution in [0.5, 0.6) is 0 Å². The summed E-state index contributed by atoms with van der Waals surface area (Å²) in [6.45, 7) is 6.89. The van der Waals surface area contributed by atoms with Gasteiger partial charge >= 0.3 is 5.97 Å². The fraction of sp³-hybridized carbons (Fsp3) is 0.562. The number of carbonyl (C=O) groups excluding carboxylic acids is 1. The van der Waals surface area contributed by atoms with Gasteiger partial charge < -0.3 is 10.1 Å². The van der Waals surface area contributed by atoms with E-state index >= 15 is 0 Å². The molecule has 0 bridgehead atoms. The van der Waals surface area contributed by atoms with Crippen LogP contribution in [0.15, 0.2) is 29.2 Å². The van der Waals surface area contributed by atoms with Gasteiger partial charge in [-0.05, 0) is 51.1 Å². The molecule has 0 aliphatic heterocycles. The Bertz CT molecular complexity index is 456. The number of nitrogens with one attached hydrogen (secondary N) is 1. The van der Waals surface area contributed by atoms with Crippen molar-refractivity contribution in [2.75, 3.05) is 18.9 Å². The molecule has 1 aromatic carbocycles. The number of likely N-dealkylation sites (N-methyl/N-ethyl adjacent to an activating group) is 1. The van der Waals surface area contributed by atoms with Crippen LogP contribution in [0.2, 0.25) is 5.02 Å². The van der Waals surface area contributed by atoms with Crippen molar-refractivity contribution in [2.45, 2.75) is 44.0 Å². The maximum absolute atomic E-state index is 12.1. The Hall–Kier alpha value is -0.710. The van der Waals surface area contributed by atoms with E-state index < -0.39 is 5.54 Å². The molecule has 0 amide bonds. The summed E-state index contributed by atoms with van der Waals surface area (Å²) >= 11 is 7.85. The maximum atomic E-state index is 12.1. The van der Waals surface area contributed by atoms with Gasteiger partial charge in [0, 0.05) is 4.90 Å². The topological polar surface area (TPSA) is 38.3 Å². The molecular weight excluding hydrogens is 306 g/mol. The second-order valence-corrected chi connectivity index (χ2v) is 6.51. The Balaban J connectivity index is 2.47. The van der Waals surface area contributed by atoms with E-state index in [0.717, 1.165) is 35.1 Å². The van der Waals surface area contributed by atoms with E-state index in [4.69, 9.17) is 16.3 Å². The lowest BCUT2D eigenvalue weighted by atomic mass is 9.96. The molecule has 0 radical (unpaired) electrons. The SMILES string of the molecule is CCNC(C)(CCCSc1ccccc1Cl)C(=O)OCC. The predicted octanol–water partition coefficient (Wildman–Crippen LogP) is 4.14. The average Bonchev–Trinajstić information content (AvgIpc) is 2.46. The molecule has 0 aliphatic rings. The highest BCUT2D eigenvalue weighted by Gasteiger charge is 2.32. The van der Waals surface area contributed by atoms with Gasteiger partial charge in [0.25, 0.3) is 0 Å². The first-order valence-corrected chi connectivity index (χ1v) is 8.69. The molecule has 0 fully saturated rings. The largest absolute Gasteiger partial charge is 0.465 e.